The van der Waals surface area contributed by atoms with Crippen LogP contribution in [0.25, 0.3) is 0 Å². The highest BCUT2D eigenvalue weighted by Gasteiger charge is 2.44. The second-order valence-corrected chi connectivity index (χ2v) is 5.06. The van der Waals surface area contributed by atoms with Gasteiger partial charge in [0.05, 0.1) is 12.0 Å². The number of ether oxygens (including phenoxy) is 1. The predicted molar refractivity (Wildman–Crippen MR) is 60.6 cm³/mol. The standard InChI is InChI=1S/C11H13F3N4O2/c12-11(13,14)9-16-10(18-17-9)15-8(19)6-3-4-20-7(6)5-1-2-5/h5-7H,1-4H2,(H2,15,16,17,18,19)/t6-,7+/m1/s1. The Morgan fingerprint density at radius 3 is 2.70 bits per heavy atom. The third-order valence-corrected chi connectivity index (χ3v) is 3.55. The molecule has 2 aliphatic rings. The zero-order valence-corrected chi connectivity index (χ0v) is 10.4. The number of halogens is 3. The van der Waals surface area contributed by atoms with Gasteiger partial charge in [-0.3, -0.25) is 15.2 Å². The number of aromatic amines is 1. The molecule has 1 aliphatic carbocycles. The summed E-state index contributed by atoms with van der Waals surface area (Å²) < 4.78 is 42.6. The molecule has 1 saturated heterocycles. The third-order valence-electron chi connectivity index (χ3n) is 3.55. The molecule has 1 aromatic rings. The number of nitrogens with zero attached hydrogens (tertiary/aromatic N) is 2. The van der Waals surface area contributed by atoms with E-state index >= 15 is 0 Å². The van der Waals surface area contributed by atoms with E-state index in [-0.39, 0.29) is 23.9 Å². The molecule has 2 fully saturated rings. The van der Waals surface area contributed by atoms with Crippen molar-refractivity contribution in [2.24, 2.45) is 11.8 Å². The van der Waals surface area contributed by atoms with E-state index in [4.69, 9.17) is 4.74 Å². The zero-order chi connectivity index (χ0) is 14.3. The van der Waals surface area contributed by atoms with Crippen LogP contribution in [0, 0.1) is 11.8 Å². The summed E-state index contributed by atoms with van der Waals surface area (Å²) in [7, 11) is 0. The second kappa shape index (κ2) is 4.72. The van der Waals surface area contributed by atoms with Crippen molar-refractivity contribution in [2.75, 3.05) is 11.9 Å². The predicted octanol–water partition coefficient (Wildman–Crippen LogP) is 1.58. The molecule has 3 rings (SSSR count). The molecule has 110 valence electrons. The lowest BCUT2D eigenvalue weighted by Crippen LogP contribution is -2.31. The number of anilines is 1. The number of alkyl halides is 3. The van der Waals surface area contributed by atoms with Crippen molar-refractivity contribution in [2.45, 2.75) is 31.5 Å². The Hall–Kier alpha value is -1.64. The molecule has 0 aromatic carbocycles. The molecule has 2 N–H and O–H groups in total. The lowest BCUT2D eigenvalue weighted by atomic mass is 9.97. The second-order valence-electron chi connectivity index (χ2n) is 5.06. The first kappa shape index (κ1) is 13.3. The summed E-state index contributed by atoms with van der Waals surface area (Å²) in [4.78, 5) is 15.3. The minimum atomic E-state index is -4.61. The van der Waals surface area contributed by atoms with Gasteiger partial charge in [0, 0.05) is 6.61 Å². The van der Waals surface area contributed by atoms with E-state index in [1.807, 2.05) is 0 Å². The van der Waals surface area contributed by atoms with E-state index in [0.29, 0.717) is 18.9 Å². The van der Waals surface area contributed by atoms with Crippen LogP contribution in [-0.2, 0) is 15.7 Å². The first-order valence-electron chi connectivity index (χ1n) is 6.37. The van der Waals surface area contributed by atoms with Crippen LogP contribution in [0.2, 0.25) is 0 Å². The summed E-state index contributed by atoms with van der Waals surface area (Å²) in [5, 5.41) is 7.42. The largest absolute Gasteiger partial charge is 0.451 e. The number of carbonyl (C=O) groups excluding carboxylic acids is 1. The molecule has 20 heavy (non-hydrogen) atoms. The van der Waals surface area contributed by atoms with Crippen molar-refractivity contribution in [1.29, 1.82) is 0 Å². The molecule has 0 bridgehead atoms. The Kier molecular flexibility index (Phi) is 3.15. The van der Waals surface area contributed by atoms with E-state index in [1.165, 1.54) is 0 Å². The van der Waals surface area contributed by atoms with Gasteiger partial charge in [0.25, 0.3) is 0 Å². The van der Waals surface area contributed by atoms with Gasteiger partial charge in [-0.1, -0.05) is 0 Å². The Balaban J connectivity index is 1.65. The molecule has 1 aliphatic heterocycles. The molecule has 1 saturated carbocycles. The SMILES string of the molecule is O=C(Nc1n[nH]c(C(F)(F)F)n1)[C@@H]1CCO[C@H]1C1CC1. The first-order valence-corrected chi connectivity index (χ1v) is 6.37. The van der Waals surface area contributed by atoms with Crippen LogP contribution in [0.3, 0.4) is 0 Å². The maximum Gasteiger partial charge on any atom is 0.451 e. The van der Waals surface area contributed by atoms with E-state index in [0.717, 1.165) is 12.8 Å². The van der Waals surface area contributed by atoms with Crippen LogP contribution in [0.4, 0.5) is 19.1 Å². The average molecular weight is 290 g/mol. The van der Waals surface area contributed by atoms with Crippen LogP contribution >= 0.6 is 0 Å². The van der Waals surface area contributed by atoms with Gasteiger partial charge in [-0.25, -0.2) is 0 Å². The molecular weight excluding hydrogens is 277 g/mol. The fourth-order valence-electron chi connectivity index (χ4n) is 2.43. The fourth-order valence-corrected chi connectivity index (χ4v) is 2.43. The highest BCUT2D eigenvalue weighted by atomic mass is 19.4. The maximum absolute atomic E-state index is 12.3. The van der Waals surface area contributed by atoms with Crippen molar-refractivity contribution in [3.8, 4) is 0 Å². The molecule has 2 atom stereocenters. The molecule has 0 radical (unpaired) electrons. The van der Waals surface area contributed by atoms with Crippen molar-refractivity contribution in [1.82, 2.24) is 15.2 Å². The topological polar surface area (TPSA) is 79.9 Å². The van der Waals surface area contributed by atoms with Gasteiger partial charge < -0.3 is 4.74 Å². The zero-order valence-electron chi connectivity index (χ0n) is 10.4. The van der Waals surface area contributed by atoms with Gasteiger partial charge in [0.15, 0.2) is 0 Å². The lowest BCUT2D eigenvalue weighted by Gasteiger charge is -2.16. The summed E-state index contributed by atoms with van der Waals surface area (Å²) in [6.45, 7) is 0.501. The third kappa shape index (κ3) is 2.62. The maximum atomic E-state index is 12.3. The van der Waals surface area contributed by atoms with Crippen molar-refractivity contribution >= 4 is 11.9 Å². The van der Waals surface area contributed by atoms with Gasteiger partial charge in [0.1, 0.15) is 0 Å². The van der Waals surface area contributed by atoms with E-state index in [9.17, 15) is 18.0 Å². The summed E-state index contributed by atoms with van der Waals surface area (Å²) in [6.07, 6.45) is -2.09. The summed E-state index contributed by atoms with van der Waals surface area (Å²) in [6, 6.07) is 0. The van der Waals surface area contributed by atoms with Gasteiger partial charge in [-0.2, -0.15) is 18.2 Å². The normalized spacial score (nSPS) is 26.8. The Morgan fingerprint density at radius 2 is 2.10 bits per heavy atom. The number of H-pyrrole nitrogens is 1. The summed E-state index contributed by atoms with van der Waals surface area (Å²) >= 11 is 0. The number of hydrogen-bond donors (Lipinski definition) is 2. The number of hydrogen-bond acceptors (Lipinski definition) is 4. The van der Waals surface area contributed by atoms with E-state index in [1.54, 1.807) is 5.10 Å². The van der Waals surface area contributed by atoms with Gasteiger partial charge >= 0.3 is 6.18 Å². The van der Waals surface area contributed by atoms with E-state index in [2.05, 4.69) is 15.4 Å². The molecule has 6 nitrogen and oxygen atoms in total. The number of aromatic nitrogens is 3. The van der Waals surface area contributed by atoms with Crippen LogP contribution in [0.5, 0.6) is 0 Å². The van der Waals surface area contributed by atoms with Crippen LogP contribution in [0.1, 0.15) is 25.1 Å². The van der Waals surface area contributed by atoms with E-state index < -0.39 is 12.0 Å². The lowest BCUT2D eigenvalue weighted by molar-refractivity contribution is -0.144. The smallest absolute Gasteiger partial charge is 0.377 e. The Bertz CT molecular complexity index is 512. The molecule has 0 unspecified atom stereocenters. The number of carbonyl (C=O) groups is 1. The number of nitrogens with one attached hydrogen (secondary N) is 2. The molecule has 1 amide bonds. The Morgan fingerprint density at radius 1 is 1.35 bits per heavy atom. The Labute approximate surface area is 112 Å². The quantitative estimate of drug-likeness (QED) is 0.885. The highest BCUT2D eigenvalue weighted by molar-refractivity contribution is 5.91. The molecular formula is C11H13F3N4O2. The monoisotopic (exact) mass is 290 g/mol. The molecule has 2 heterocycles. The average Bonchev–Trinajstić information content (AvgIpc) is 2.91. The number of rotatable bonds is 3. The van der Waals surface area contributed by atoms with Gasteiger partial charge in [0.2, 0.25) is 17.7 Å². The minimum absolute atomic E-state index is 0.129. The van der Waals surface area contributed by atoms with Crippen LogP contribution in [0.15, 0.2) is 0 Å². The van der Waals surface area contributed by atoms with Gasteiger partial charge in [-0.15, -0.1) is 5.10 Å². The fraction of sp³-hybridized carbons (Fsp3) is 0.727. The summed E-state index contributed by atoms with van der Waals surface area (Å²) in [5.41, 5.74) is 0. The minimum Gasteiger partial charge on any atom is -0.377 e. The molecule has 0 spiro atoms. The molecule has 1 aromatic heterocycles. The first-order chi connectivity index (χ1) is 9.45. The number of amides is 1. The van der Waals surface area contributed by atoms with Crippen LogP contribution in [-0.4, -0.2) is 33.8 Å². The van der Waals surface area contributed by atoms with Crippen molar-refractivity contribution in [3.05, 3.63) is 5.82 Å². The van der Waals surface area contributed by atoms with Crippen LogP contribution < -0.4 is 5.32 Å². The summed E-state index contributed by atoms with van der Waals surface area (Å²) in [5.74, 6) is -1.91. The molecule has 9 heteroatoms. The highest BCUT2D eigenvalue weighted by Crippen LogP contribution is 2.41. The van der Waals surface area contributed by atoms with Crippen molar-refractivity contribution in [3.63, 3.8) is 0 Å². The van der Waals surface area contributed by atoms with Gasteiger partial charge in [-0.05, 0) is 25.2 Å². The van der Waals surface area contributed by atoms with Crippen molar-refractivity contribution < 1.29 is 22.7 Å².